The van der Waals surface area contributed by atoms with Crippen molar-refractivity contribution in [2.75, 3.05) is 24.1 Å². The van der Waals surface area contributed by atoms with Gasteiger partial charge in [-0.05, 0) is 76.3 Å². The first-order valence-electron chi connectivity index (χ1n) is 13.6. The van der Waals surface area contributed by atoms with Gasteiger partial charge in [-0.15, -0.1) is 0 Å². The summed E-state index contributed by atoms with van der Waals surface area (Å²) >= 11 is 0. The Balaban J connectivity index is 1.57. The summed E-state index contributed by atoms with van der Waals surface area (Å²) in [6.07, 6.45) is -5.22. The summed E-state index contributed by atoms with van der Waals surface area (Å²) in [5, 5.41) is 10.1. The van der Waals surface area contributed by atoms with Gasteiger partial charge in [0.05, 0.1) is 39.3 Å². The number of carboxylic acid groups (broad SMARTS) is 1. The van der Waals surface area contributed by atoms with Crippen LogP contribution in [0.2, 0.25) is 0 Å². The van der Waals surface area contributed by atoms with E-state index in [9.17, 15) is 31.5 Å². The maximum Gasteiger partial charge on any atom is 0.494 e. The van der Waals surface area contributed by atoms with Gasteiger partial charge in [0, 0.05) is 19.6 Å². The van der Waals surface area contributed by atoms with E-state index in [4.69, 9.17) is 18.8 Å². The van der Waals surface area contributed by atoms with Crippen LogP contribution in [0.15, 0.2) is 47.4 Å². The number of carboxylic acids is 1. The number of alkyl halides is 3. The van der Waals surface area contributed by atoms with Crippen LogP contribution in [0, 0.1) is 5.41 Å². The maximum absolute atomic E-state index is 14.0. The molecule has 0 aliphatic carbocycles. The molecule has 2 aromatic carbocycles. The van der Waals surface area contributed by atoms with Crippen LogP contribution in [0.3, 0.4) is 0 Å². The van der Waals surface area contributed by atoms with Gasteiger partial charge in [0.15, 0.2) is 0 Å². The van der Waals surface area contributed by atoms with Gasteiger partial charge >= 0.3 is 19.3 Å². The molecule has 0 radical (unpaired) electrons. The summed E-state index contributed by atoms with van der Waals surface area (Å²) in [4.78, 5) is 11.8. The molecule has 3 aliphatic rings. The number of anilines is 1. The van der Waals surface area contributed by atoms with Crippen LogP contribution in [0.5, 0.6) is 5.75 Å². The van der Waals surface area contributed by atoms with Crippen molar-refractivity contribution < 1.29 is 50.3 Å². The summed E-state index contributed by atoms with van der Waals surface area (Å²) in [6.45, 7) is 7.65. The Labute approximate surface area is 243 Å². The minimum Gasteiger partial charge on any atom is -0.486 e. The number of hydrogen-bond donors (Lipinski definition) is 1. The number of carbonyl (C=O) groups is 1. The minimum absolute atomic E-state index is 0.0152. The summed E-state index contributed by atoms with van der Waals surface area (Å²) in [6, 6.07) is 8.27. The Bertz CT molecular complexity index is 1460. The van der Waals surface area contributed by atoms with Crippen molar-refractivity contribution in [3.8, 4) is 5.75 Å². The monoisotopic (exact) mass is 611 g/mol. The highest BCUT2D eigenvalue weighted by Gasteiger charge is 2.52. The topological polar surface area (TPSA) is 112 Å². The predicted octanol–water partition coefficient (Wildman–Crippen LogP) is 4.23. The average molecular weight is 611 g/mol. The van der Waals surface area contributed by atoms with Crippen molar-refractivity contribution in [2.24, 2.45) is 5.41 Å². The second-order valence-electron chi connectivity index (χ2n) is 12.0. The summed E-state index contributed by atoms with van der Waals surface area (Å²) < 4.78 is 93.4. The van der Waals surface area contributed by atoms with Crippen LogP contribution in [-0.2, 0) is 35.0 Å². The minimum atomic E-state index is -4.75. The molecule has 0 aromatic heterocycles. The molecule has 9 nitrogen and oxygen atoms in total. The zero-order valence-corrected chi connectivity index (χ0v) is 24.5. The molecular weight excluding hydrogens is 578 g/mol. The lowest BCUT2D eigenvalue weighted by molar-refractivity contribution is -0.157. The number of rotatable bonds is 6. The number of aliphatic carboxylic acids is 1. The number of halogens is 3. The van der Waals surface area contributed by atoms with E-state index in [1.165, 1.54) is 6.07 Å². The largest absolute Gasteiger partial charge is 0.494 e. The van der Waals surface area contributed by atoms with Crippen LogP contribution < -0.4 is 14.5 Å². The lowest BCUT2D eigenvalue weighted by atomic mass is 9.75. The number of nitrogens with zero attached hydrogens (tertiary/aromatic N) is 1. The zero-order chi connectivity index (χ0) is 30.7. The summed E-state index contributed by atoms with van der Waals surface area (Å²) in [7, 11) is -5.40. The number of benzene rings is 2. The van der Waals surface area contributed by atoms with E-state index in [-0.39, 0.29) is 50.5 Å². The summed E-state index contributed by atoms with van der Waals surface area (Å²) in [5.41, 5.74) is -3.07. The van der Waals surface area contributed by atoms with E-state index in [2.05, 4.69) is 0 Å². The molecule has 2 fully saturated rings. The molecule has 1 N–H and O–H groups in total. The van der Waals surface area contributed by atoms with Gasteiger partial charge < -0.3 is 23.9 Å². The molecule has 0 spiro atoms. The van der Waals surface area contributed by atoms with Gasteiger partial charge in [0.2, 0.25) is 0 Å². The Morgan fingerprint density at radius 2 is 1.69 bits per heavy atom. The fourth-order valence-electron chi connectivity index (χ4n) is 5.45. The molecule has 0 amide bonds. The van der Waals surface area contributed by atoms with Gasteiger partial charge in [0.1, 0.15) is 11.9 Å². The van der Waals surface area contributed by atoms with Gasteiger partial charge in [-0.25, -0.2) is 8.42 Å². The Hall–Kier alpha value is -2.81. The summed E-state index contributed by atoms with van der Waals surface area (Å²) in [5.74, 6) is -0.891. The van der Waals surface area contributed by atoms with E-state index < -0.39 is 62.5 Å². The van der Waals surface area contributed by atoms with E-state index in [1.54, 1.807) is 12.1 Å². The third-order valence-corrected chi connectivity index (χ3v) is 10.5. The smallest absolute Gasteiger partial charge is 0.486 e. The fraction of sp³-hybridized carbons (Fsp3) is 0.536. The van der Waals surface area contributed by atoms with E-state index >= 15 is 0 Å². The highest BCUT2D eigenvalue weighted by molar-refractivity contribution is 7.92. The molecule has 0 bridgehead atoms. The number of fused-ring (bicyclic) bond motifs is 1. The molecule has 1 unspecified atom stereocenters. The molecule has 1 atom stereocenters. The molecule has 0 saturated carbocycles. The van der Waals surface area contributed by atoms with Gasteiger partial charge in [-0.1, -0.05) is 12.1 Å². The molecule has 3 aliphatic heterocycles. The standard InChI is InChI=1S/C28H33BF3NO8S/c1-25(2)26(3,4)41-29(40-25)19-8-9-23-22(15-19)33(42(36,37)21-7-5-6-18(14-21)28(30,31)32)17-20(39-23)16-27(24(34)35)10-12-38-13-11-27/h5-9,14-15,20H,10-13,16-17H2,1-4H3,(H,34,35). The van der Waals surface area contributed by atoms with Crippen LogP contribution in [0.25, 0.3) is 0 Å². The van der Waals surface area contributed by atoms with Crippen molar-refractivity contribution in [2.45, 2.75) is 75.3 Å². The van der Waals surface area contributed by atoms with Crippen molar-refractivity contribution >= 4 is 34.3 Å². The third-order valence-electron chi connectivity index (χ3n) is 8.71. The first-order chi connectivity index (χ1) is 19.5. The van der Waals surface area contributed by atoms with Crippen molar-refractivity contribution in [1.29, 1.82) is 0 Å². The molecule has 228 valence electrons. The molecule has 14 heteroatoms. The second kappa shape index (κ2) is 10.4. The van der Waals surface area contributed by atoms with Crippen molar-refractivity contribution in [1.82, 2.24) is 0 Å². The lowest BCUT2D eigenvalue weighted by Gasteiger charge is -2.40. The van der Waals surface area contributed by atoms with Gasteiger partial charge in [-0.3, -0.25) is 9.10 Å². The molecular formula is C28H33BF3NO8S. The third kappa shape index (κ3) is 5.49. The molecule has 2 saturated heterocycles. The highest BCUT2D eigenvalue weighted by atomic mass is 32.2. The molecule has 3 heterocycles. The second-order valence-corrected chi connectivity index (χ2v) is 13.9. The van der Waals surface area contributed by atoms with Crippen LogP contribution >= 0.6 is 0 Å². The predicted molar refractivity (Wildman–Crippen MR) is 147 cm³/mol. The first kappa shape index (κ1) is 30.6. The van der Waals surface area contributed by atoms with E-state index in [0.717, 1.165) is 22.5 Å². The molecule has 5 rings (SSSR count). The highest BCUT2D eigenvalue weighted by Crippen LogP contribution is 2.43. The normalized spacial score (nSPS) is 23.3. The van der Waals surface area contributed by atoms with E-state index in [0.29, 0.717) is 11.5 Å². The number of sulfonamides is 1. The first-order valence-corrected chi connectivity index (χ1v) is 15.1. The zero-order valence-electron chi connectivity index (χ0n) is 23.7. The van der Waals surface area contributed by atoms with Gasteiger partial charge in [-0.2, -0.15) is 13.2 Å². The fourth-order valence-corrected chi connectivity index (χ4v) is 7.00. The Morgan fingerprint density at radius 1 is 1.05 bits per heavy atom. The van der Waals surface area contributed by atoms with Gasteiger partial charge in [0.25, 0.3) is 10.0 Å². The quantitative estimate of drug-likeness (QED) is 0.484. The van der Waals surface area contributed by atoms with Crippen LogP contribution in [0.4, 0.5) is 18.9 Å². The van der Waals surface area contributed by atoms with Crippen LogP contribution in [0.1, 0.15) is 52.5 Å². The Kier molecular flexibility index (Phi) is 7.61. The molecule has 2 aromatic rings. The van der Waals surface area contributed by atoms with E-state index in [1.807, 2.05) is 27.7 Å². The SMILES string of the molecule is CC1(C)OB(c2ccc3c(c2)N(S(=O)(=O)c2cccc(C(F)(F)F)c2)CC(CC2(C(=O)O)CCOCC2)O3)OC1(C)C. The van der Waals surface area contributed by atoms with Crippen molar-refractivity contribution in [3.63, 3.8) is 0 Å². The lowest BCUT2D eigenvalue weighted by Crippen LogP contribution is -2.49. The average Bonchev–Trinajstić information content (AvgIpc) is 3.14. The maximum atomic E-state index is 14.0. The number of ether oxygens (including phenoxy) is 2. The molecule has 42 heavy (non-hydrogen) atoms. The van der Waals surface area contributed by atoms with Crippen molar-refractivity contribution in [3.05, 3.63) is 48.0 Å². The number of hydrogen-bond acceptors (Lipinski definition) is 7. The van der Waals surface area contributed by atoms with Crippen LogP contribution in [-0.4, -0.2) is 63.7 Å². The Morgan fingerprint density at radius 3 is 2.29 bits per heavy atom.